The maximum absolute atomic E-state index is 13.1. The second-order valence-electron chi connectivity index (χ2n) is 21.2. The lowest BCUT2D eigenvalue weighted by atomic mass is 9.86. The molecule has 0 unspecified atom stereocenters. The first-order valence-corrected chi connectivity index (χ1v) is 26.6. The van der Waals surface area contributed by atoms with E-state index in [0.717, 1.165) is 61.4 Å². The molecule has 2 N–H and O–H groups in total. The zero-order chi connectivity index (χ0) is 49.6. The molecule has 0 fully saturated rings. The van der Waals surface area contributed by atoms with Crippen LogP contribution in [-0.2, 0) is 63.0 Å². The van der Waals surface area contributed by atoms with Crippen molar-refractivity contribution in [2.24, 2.45) is 0 Å². The van der Waals surface area contributed by atoms with Crippen molar-refractivity contribution in [3.8, 4) is 11.5 Å². The number of benzene rings is 4. The lowest BCUT2D eigenvalue weighted by Gasteiger charge is -2.28. The van der Waals surface area contributed by atoms with Crippen molar-refractivity contribution < 1.29 is 48.2 Å². The van der Waals surface area contributed by atoms with Crippen LogP contribution in [-0.4, -0.2) is 88.2 Å². The van der Waals surface area contributed by atoms with Gasteiger partial charge in [0.1, 0.15) is 24.7 Å². The Balaban J connectivity index is 1.76. The quantitative estimate of drug-likeness (QED) is 0.177. The van der Waals surface area contributed by atoms with Crippen LogP contribution in [0.3, 0.4) is 0 Å². The first kappa shape index (κ1) is 54.0. The number of ether oxygens (including phenoxy) is 6. The van der Waals surface area contributed by atoms with Gasteiger partial charge in [-0.05, 0) is 104 Å². The highest BCUT2D eigenvalue weighted by molar-refractivity contribution is 8.01. The predicted molar refractivity (Wildman–Crippen MR) is 274 cm³/mol. The molecule has 2 aliphatic rings. The molecular weight excluding hydrogens is 937 g/mol. The van der Waals surface area contributed by atoms with Gasteiger partial charge in [0, 0.05) is 19.6 Å². The molecule has 2 heterocycles. The topological polar surface area (TPSA) is 130 Å². The van der Waals surface area contributed by atoms with Gasteiger partial charge in [0.2, 0.25) is 0 Å². The Hall–Kier alpha value is -3.34. The number of hydrogen-bond acceptors (Lipinski definition) is 12. The fourth-order valence-electron chi connectivity index (χ4n) is 7.37. The van der Waals surface area contributed by atoms with E-state index in [0.29, 0.717) is 75.5 Å². The standard InChI is InChI=1S/C54H70O10S4/c1-51(2,3)33-23-39-37(31-47(55)56)40(24-33)66-44-28-36(54(10,11)12)30-46-50(44)64-22-20-62-18-16-60-14-13-59-15-17-61-19-21-63-49-43(65-39)27-35(53(7,8)9)29-45(49)67-41-25-34(52(4,5)6)26-42(68-46)38(41)32-48(57)58/h23-30H,13-22,31-32H2,1-12H3,(H,55,56)(H,57,58). The predicted octanol–water partition coefficient (Wildman–Crippen LogP) is 12.9. The lowest BCUT2D eigenvalue weighted by molar-refractivity contribution is -0.137. The summed E-state index contributed by atoms with van der Waals surface area (Å²) >= 11 is 6.04. The zero-order valence-corrected chi connectivity index (χ0v) is 45.2. The molecule has 2 aliphatic heterocycles. The molecule has 0 radical (unpaired) electrons. The highest BCUT2D eigenvalue weighted by Crippen LogP contribution is 2.54. The molecule has 4 aromatic rings. The molecule has 0 aromatic heterocycles. The van der Waals surface area contributed by atoms with Gasteiger partial charge in [-0.2, -0.15) is 0 Å². The first-order valence-electron chi connectivity index (χ1n) is 23.3. The molecule has 0 saturated heterocycles. The van der Waals surface area contributed by atoms with Gasteiger partial charge in [-0.25, -0.2) is 0 Å². The van der Waals surface area contributed by atoms with E-state index in [2.05, 4.69) is 132 Å². The summed E-state index contributed by atoms with van der Waals surface area (Å²) in [5.74, 6) is -0.642. The van der Waals surface area contributed by atoms with Crippen LogP contribution in [0.1, 0.15) is 116 Å². The molecule has 0 aliphatic carbocycles. The SMILES string of the molecule is CC(C)(C)c1cc2c(CC(=O)O)c(c1)Sc1cc(C(C)(C)C)cc3c1OCCOCCOCCOCCOCCOc1c(cc(C(C)(C)C)cc1Sc1cc(C(C)(C)C)cc(c1CC(=O)O)S3)S2. The normalized spacial score (nSPS) is 16.4. The Morgan fingerprint density at radius 1 is 0.382 bits per heavy atom. The van der Waals surface area contributed by atoms with E-state index >= 15 is 0 Å². The third-order valence-electron chi connectivity index (χ3n) is 11.4. The molecule has 6 rings (SSSR count). The van der Waals surface area contributed by atoms with Crippen molar-refractivity contribution in [3.05, 3.63) is 81.9 Å². The third kappa shape index (κ3) is 14.6. The van der Waals surface area contributed by atoms with Gasteiger partial charge < -0.3 is 38.6 Å². The maximum Gasteiger partial charge on any atom is 0.307 e. The van der Waals surface area contributed by atoms with Gasteiger partial charge >= 0.3 is 11.9 Å². The van der Waals surface area contributed by atoms with Crippen LogP contribution >= 0.6 is 47.0 Å². The van der Waals surface area contributed by atoms with Crippen LogP contribution in [0.25, 0.3) is 0 Å². The third-order valence-corrected chi connectivity index (χ3v) is 15.9. The minimum absolute atomic E-state index is 0.215. The Bertz CT molecular complexity index is 2170. The van der Waals surface area contributed by atoms with Crippen LogP contribution < -0.4 is 9.47 Å². The van der Waals surface area contributed by atoms with Crippen molar-refractivity contribution in [2.75, 3.05) is 66.1 Å². The second kappa shape index (κ2) is 22.8. The molecule has 0 atom stereocenters. The summed E-state index contributed by atoms with van der Waals surface area (Å²) in [5.41, 5.74) is 4.39. The van der Waals surface area contributed by atoms with Gasteiger partial charge in [-0.15, -0.1) is 0 Å². The van der Waals surface area contributed by atoms with Crippen LogP contribution in [0.5, 0.6) is 11.5 Å². The van der Waals surface area contributed by atoms with Crippen LogP contribution in [0.15, 0.2) is 87.7 Å². The van der Waals surface area contributed by atoms with Gasteiger partial charge in [-0.1, -0.05) is 130 Å². The number of carbonyl (C=O) groups is 2. The Kier molecular flexibility index (Phi) is 18.1. The Labute approximate surface area is 421 Å². The lowest BCUT2D eigenvalue weighted by Crippen LogP contribution is -2.15. The second-order valence-corrected chi connectivity index (χ2v) is 25.5. The van der Waals surface area contributed by atoms with Gasteiger partial charge in [-0.3, -0.25) is 9.59 Å². The first-order chi connectivity index (χ1) is 31.9. The maximum atomic E-state index is 13.1. The summed E-state index contributed by atoms with van der Waals surface area (Å²) in [6.45, 7) is 29.5. The van der Waals surface area contributed by atoms with E-state index in [1.54, 1.807) is 0 Å². The Morgan fingerprint density at radius 3 is 0.794 bits per heavy atom. The minimum Gasteiger partial charge on any atom is -0.489 e. The number of carboxylic acids is 2. The molecule has 10 bridgehead atoms. The van der Waals surface area contributed by atoms with Gasteiger partial charge in [0.25, 0.3) is 0 Å². The summed E-state index contributed by atoms with van der Waals surface area (Å²) in [5, 5.41) is 21.4. The van der Waals surface area contributed by atoms with Crippen LogP contribution in [0.4, 0.5) is 0 Å². The number of aliphatic carboxylic acids is 2. The molecule has 370 valence electrons. The molecule has 68 heavy (non-hydrogen) atoms. The van der Waals surface area contributed by atoms with E-state index in [1.807, 2.05) is 0 Å². The fraction of sp³-hybridized carbons (Fsp3) is 0.519. The monoisotopic (exact) mass is 1010 g/mol. The number of carboxylic acid groups (broad SMARTS) is 2. The smallest absolute Gasteiger partial charge is 0.307 e. The molecule has 4 aromatic carbocycles. The van der Waals surface area contributed by atoms with Crippen LogP contribution in [0, 0.1) is 0 Å². The molecular formula is C54H70O10S4. The number of hydrogen-bond donors (Lipinski definition) is 2. The van der Waals surface area contributed by atoms with Crippen molar-refractivity contribution in [2.45, 2.75) is 157 Å². The van der Waals surface area contributed by atoms with E-state index in [-0.39, 0.29) is 47.7 Å². The molecule has 14 heteroatoms. The van der Waals surface area contributed by atoms with Crippen molar-refractivity contribution in [1.82, 2.24) is 0 Å². The summed E-state index contributed by atoms with van der Waals surface area (Å²) in [6, 6.07) is 17.2. The summed E-state index contributed by atoms with van der Waals surface area (Å²) in [6.07, 6.45) is -0.430. The number of rotatable bonds is 4. The molecule has 0 amide bonds. The highest BCUT2D eigenvalue weighted by atomic mass is 32.2. The van der Waals surface area contributed by atoms with Crippen molar-refractivity contribution in [1.29, 1.82) is 0 Å². The summed E-state index contributed by atoms with van der Waals surface area (Å²) < 4.78 is 37.3. The molecule has 10 nitrogen and oxygen atoms in total. The molecule has 0 spiro atoms. The largest absolute Gasteiger partial charge is 0.489 e. The van der Waals surface area contributed by atoms with E-state index in [4.69, 9.17) is 28.4 Å². The average Bonchev–Trinajstić information content (AvgIpc) is 3.21. The fourth-order valence-corrected chi connectivity index (χ4v) is 12.3. The molecule has 0 saturated carbocycles. The summed E-state index contributed by atoms with van der Waals surface area (Å²) in [7, 11) is 0. The highest BCUT2D eigenvalue weighted by Gasteiger charge is 2.30. The minimum atomic E-state index is -0.941. The van der Waals surface area contributed by atoms with Crippen LogP contribution in [0.2, 0.25) is 0 Å². The van der Waals surface area contributed by atoms with Crippen molar-refractivity contribution >= 4 is 59.0 Å². The number of fused-ring (bicyclic) bond motifs is 2. The van der Waals surface area contributed by atoms with Gasteiger partial charge in [0.05, 0.1) is 85.3 Å². The Morgan fingerprint density at radius 2 is 0.588 bits per heavy atom. The van der Waals surface area contributed by atoms with Crippen molar-refractivity contribution in [3.63, 3.8) is 0 Å². The average molecular weight is 1010 g/mol. The van der Waals surface area contributed by atoms with E-state index in [1.165, 1.54) is 47.0 Å². The summed E-state index contributed by atoms with van der Waals surface area (Å²) in [4.78, 5) is 32.6. The zero-order valence-electron chi connectivity index (χ0n) is 41.9. The van der Waals surface area contributed by atoms with E-state index in [9.17, 15) is 19.8 Å². The van der Waals surface area contributed by atoms with Gasteiger partial charge in [0.15, 0.2) is 0 Å². The van der Waals surface area contributed by atoms with E-state index < -0.39 is 11.9 Å².